The molecule has 1 aromatic rings. The lowest BCUT2D eigenvalue weighted by Crippen LogP contribution is -2.39. The first-order chi connectivity index (χ1) is 13.2. The molecule has 0 saturated carbocycles. The molecule has 1 saturated heterocycles. The van der Waals surface area contributed by atoms with E-state index in [0.29, 0.717) is 19.8 Å². The number of benzene rings is 1. The number of hydrogen-bond acceptors (Lipinski definition) is 4. The van der Waals surface area contributed by atoms with Gasteiger partial charge in [-0.3, -0.25) is 0 Å². The van der Waals surface area contributed by atoms with Gasteiger partial charge < -0.3 is 24.8 Å². The standard InChI is InChI=1S/C20H32FN3O3/c1-3-16(27-19-9-6-5-8-18(19)21)14-24-20(22-4-2)23-11-7-12-26-17-10-13-25-15-17/h5-6,8-9,16-17H,3-4,7,10-15H2,1-2H3,(H2,22,23,24). The highest BCUT2D eigenvalue weighted by Gasteiger charge is 2.15. The Bertz CT molecular complexity index is 565. The van der Waals surface area contributed by atoms with Gasteiger partial charge in [0.2, 0.25) is 0 Å². The van der Waals surface area contributed by atoms with Crippen molar-refractivity contribution in [2.45, 2.75) is 45.3 Å². The number of hydrogen-bond donors (Lipinski definition) is 2. The number of nitrogens with one attached hydrogen (secondary N) is 2. The molecule has 0 aromatic heterocycles. The van der Waals surface area contributed by atoms with E-state index in [2.05, 4.69) is 15.6 Å². The van der Waals surface area contributed by atoms with Gasteiger partial charge in [-0.2, -0.15) is 0 Å². The first kappa shape index (κ1) is 21.4. The van der Waals surface area contributed by atoms with Crippen LogP contribution in [-0.2, 0) is 9.47 Å². The lowest BCUT2D eigenvalue weighted by molar-refractivity contribution is 0.0420. The van der Waals surface area contributed by atoms with Crippen LogP contribution in [0.3, 0.4) is 0 Å². The fourth-order valence-corrected chi connectivity index (χ4v) is 2.68. The van der Waals surface area contributed by atoms with Crippen LogP contribution >= 0.6 is 0 Å². The van der Waals surface area contributed by atoms with E-state index in [1.165, 1.54) is 6.07 Å². The van der Waals surface area contributed by atoms with Crippen LogP contribution in [0.5, 0.6) is 5.75 Å². The monoisotopic (exact) mass is 381 g/mol. The third-order valence-corrected chi connectivity index (χ3v) is 4.24. The first-order valence-electron chi connectivity index (χ1n) is 9.85. The number of halogens is 1. The summed E-state index contributed by atoms with van der Waals surface area (Å²) in [6, 6.07) is 6.45. The van der Waals surface area contributed by atoms with Crippen molar-refractivity contribution in [1.29, 1.82) is 0 Å². The first-order valence-corrected chi connectivity index (χ1v) is 9.85. The van der Waals surface area contributed by atoms with Gasteiger partial charge in [0.15, 0.2) is 17.5 Å². The van der Waals surface area contributed by atoms with E-state index < -0.39 is 0 Å². The summed E-state index contributed by atoms with van der Waals surface area (Å²) in [6.07, 6.45) is 2.69. The quantitative estimate of drug-likeness (QED) is 0.351. The molecule has 1 aromatic carbocycles. The minimum atomic E-state index is -0.349. The van der Waals surface area contributed by atoms with Crippen molar-refractivity contribution in [3.63, 3.8) is 0 Å². The van der Waals surface area contributed by atoms with E-state index in [9.17, 15) is 4.39 Å². The average molecular weight is 381 g/mol. The van der Waals surface area contributed by atoms with Crippen LogP contribution in [0.4, 0.5) is 4.39 Å². The number of guanidine groups is 1. The van der Waals surface area contributed by atoms with Crippen LogP contribution in [0.2, 0.25) is 0 Å². The van der Waals surface area contributed by atoms with Crippen LogP contribution in [0, 0.1) is 5.82 Å². The maximum Gasteiger partial charge on any atom is 0.191 e. The van der Waals surface area contributed by atoms with Gasteiger partial charge in [-0.25, -0.2) is 9.38 Å². The Labute approximate surface area is 161 Å². The summed E-state index contributed by atoms with van der Waals surface area (Å²) in [4.78, 5) is 4.57. The van der Waals surface area contributed by atoms with Crippen molar-refractivity contribution < 1.29 is 18.6 Å². The number of aliphatic imine (C=N–C) groups is 1. The summed E-state index contributed by atoms with van der Waals surface area (Å²) in [5.74, 6) is 0.653. The maximum absolute atomic E-state index is 13.8. The Morgan fingerprint density at radius 3 is 2.89 bits per heavy atom. The third kappa shape index (κ3) is 8.13. The molecule has 2 unspecified atom stereocenters. The van der Waals surface area contributed by atoms with Crippen LogP contribution in [0.25, 0.3) is 0 Å². The Morgan fingerprint density at radius 1 is 1.33 bits per heavy atom. The molecule has 0 amide bonds. The van der Waals surface area contributed by atoms with Crippen molar-refractivity contribution in [2.75, 3.05) is 39.5 Å². The van der Waals surface area contributed by atoms with Crippen LogP contribution < -0.4 is 15.4 Å². The normalized spacial score (nSPS) is 18.3. The summed E-state index contributed by atoms with van der Waals surface area (Å²) in [5.41, 5.74) is 0. The zero-order valence-electron chi connectivity index (χ0n) is 16.4. The minimum absolute atomic E-state index is 0.178. The van der Waals surface area contributed by atoms with E-state index in [4.69, 9.17) is 14.2 Å². The molecule has 1 fully saturated rings. The smallest absolute Gasteiger partial charge is 0.191 e. The fourth-order valence-electron chi connectivity index (χ4n) is 2.68. The lowest BCUT2D eigenvalue weighted by atomic mass is 10.2. The predicted molar refractivity (Wildman–Crippen MR) is 105 cm³/mol. The summed E-state index contributed by atoms with van der Waals surface area (Å²) in [7, 11) is 0. The van der Waals surface area contributed by atoms with Crippen molar-refractivity contribution in [3.8, 4) is 5.75 Å². The topological polar surface area (TPSA) is 64.1 Å². The third-order valence-electron chi connectivity index (χ3n) is 4.24. The van der Waals surface area contributed by atoms with E-state index in [0.717, 1.165) is 44.9 Å². The molecule has 1 aliphatic heterocycles. The molecule has 27 heavy (non-hydrogen) atoms. The molecule has 0 radical (unpaired) electrons. The summed E-state index contributed by atoms with van der Waals surface area (Å²) >= 11 is 0. The van der Waals surface area contributed by atoms with Crippen LogP contribution in [0.1, 0.15) is 33.1 Å². The molecule has 0 bridgehead atoms. The summed E-state index contributed by atoms with van der Waals surface area (Å²) in [6.45, 7) is 8.23. The number of nitrogens with zero attached hydrogens (tertiary/aromatic N) is 1. The largest absolute Gasteiger partial charge is 0.485 e. The molecule has 7 heteroatoms. The Balaban J connectivity index is 1.73. The Kier molecular flexibility index (Phi) is 9.94. The van der Waals surface area contributed by atoms with Crippen molar-refractivity contribution in [1.82, 2.24) is 10.6 Å². The molecule has 6 nitrogen and oxygen atoms in total. The summed E-state index contributed by atoms with van der Waals surface area (Å²) < 4.78 is 30.6. The number of rotatable bonds is 11. The van der Waals surface area contributed by atoms with E-state index >= 15 is 0 Å². The Morgan fingerprint density at radius 2 is 2.19 bits per heavy atom. The van der Waals surface area contributed by atoms with Gasteiger partial charge >= 0.3 is 0 Å². The highest BCUT2D eigenvalue weighted by molar-refractivity contribution is 5.79. The van der Waals surface area contributed by atoms with Crippen LogP contribution in [0.15, 0.2) is 29.3 Å². The molecule has 2 rings (SSSR count). The van der Waals surface area contributed by atoms with E-state index in [1.54, 1.807) is 18.2 Å². The van der Waals surface area contributed by atoms with Crippen molar-refractivity contribution in [3.05, 3.63) is 30.1 Å². The second kappa shape index (κ2) is 12.5. The van der Waals surface area contributed by atoms with Gasteiger partial charge in [0.1, 0.15) is 6.10 Å². The van der Waals surface area contributed by atoms with Crippen molar-refractivity contribution in [2.24, 2.45) is 4.99 Å². The molecule has 1 heterocycles. The molecule has 0 spiro atoms. The van der Waals surface area contributed by atoms with Gasteiger partial charge in [0, 0.05) is 26.3 Å². The average Bonchev–Trinajstić information content (AvgIpc) is 3.19. The maximum atomic E-state index is 13.8. The molecular formula is C20H32FN3O3. The second-order valence-electron chi connectivity index (χ2n) is 6.43. The number of para-hydroxylation sites is 1. The van der Waals surface area contributed by atoms with Gasteiger partial charge in [-0.1, -0.05) is 19.1 Å². The SMILES string of the molecule is CCNC(=NCC(CC)Oc1ccccc1F)NCCCOC1CCOC1. The van der Waals surface area contributed by atoms with Gasteiger partial charge in [-0.05, 0) is 38.3 Å². The molecule has 2 atom stereocenters. The molecule has 1 aliphatic rings. The van der Waals surface area contributed by atoms with Gasteiger partial charge in [0.25, 0.3) is 0 Å². The molecule has 152 valence electrons. The van der Waals surface area contributed by atoms with E-state index in [1.807, 2.05) is 13.8 Å². The molecule has 0 aliphatic carbocycles. The van der Waals surface area contributed by atoms with Crippen molar-refractivity contribution >= 4 is 5.96 Å². The molecular weight excluding hydrogens is 349 g/mol. The highest BCUT2D eigenvalue weighted by atomic mass is 19.1. The lowest BCUT2D eigenvalue weighted by Gasteiger charge is -2.18. The summed E-state index contributed by atoms with van der Waals surface area (Å²) in [5, 5.41) is 6.52. The van der Waals surface area contributed by atoms with Crippen LogP contribution in [-0.4, -0.2) is 57.6 Å². The Hall–Kier alpha value is -1.86. The highest BCUT2D eigenvalue weighted by Crippen LogP contribution is 2.18. The minimum Gasteiger partial charge on any atom is -0.485 e. The van der Waals surface area contributed by atoms with Gasteiger partial charge in [-0.15, -0.1) is 0 Å². The van der Waals surface area contributed by atoms with E-state index in [-0.39, 0.29) is 23.8 Å². The zero-order valence-corrected chi connectivity index (χ0v) is 16.4. The predicted octanol–water partition coefficient (Wildman–Crippen LogP) is 2.73. The molecule has 2 N–H and O–H groups in total. The second-order valence-corrected chi connectivity index (χ2v) is 6.43. The van der Waals surface area contributed by atoms with Gasteiger partial charge in [0.05, 0.1) is 19.3 Å². The zero-order chi connectivity index (χ0) is 19.3. The fraction of sp³-hybridized carbons (Fsp3) is 0.650. The number of ether oxygens (including phenoxy) is 3.